The Balaban J connectivity index is 1.23. The topological polar surface area (TPSA) is 59.1 Å². The Morgan fingerprint density at radius 3 is 2.50 bits per heavy atom. The third kappa shape index (κ3) is 4.54. The van der Waals surface area contributed by atoms with Crippen molar-refractivity contribution in [1.82, 2.24) is 9.80 Å². The van der Waals surface area contributed by atoms with Crippen LogP contribution in [0.2, 0.25) is 0 Å². The van der Waals surface area contributed by atoms with Gasteiger partial charge in [-0.3, -0.25) is 14.5 Å². The summed E-state index contributed by atoms with van der Waals surface area (Å²) in [4.78, 5) is 29.4. The molecule has 0 atom stereocenters. The molecule has 1 aromatic carbocycles. The molecular weight excluding hydrogens is 376 g/mol. The van der Waals surface area contributed by atoms with Crippen LogP contribution in [-0.2, 0) is 11.3 Å². The van der Waals surface area contributed by atoms with E-state index in [4.69, 9.17) is 9.47 Å². The van der Waals surface area contributed by atoms with Gasteiger partial charge in [0.1, 0.15) is 13.2 Å². The van der Waals surface area contributed by atoms with Crippen molar-refractivity contribution < 1.29 is 19.1 Å². The normalized spacial score (nSPS) is 16.8. The van der Waals surface area contributed by atoms with Crippen molar-refractivity contribution >= 4 is 23.0 Å². The van der Waals surface area contributed by atoms with Crippen LogP contribution in [0.15, 0.2) is 35.7 Å². The summed E-state index contributed by atoms with van der Waals surface area (Å²) in [6, 6.07) is 9.76. The number of fused-ring (bicyclic) bond motifs is 1. The fourth-order valence-electron chi connectivity index (χ4n) is 3.54. The Kier molecular flexibility index (Phi) is 5.92. The van der Waals surface area contributed by atoms with E-state index in [1.807, 2.05) is 34.5 Å². The van der Waals surface area contributed by atoms with Crippen molar-refractivity contribution in [1.29, 1.82) is 0 Å². The van der Waals surface area contributed by atoms with Crippen molar-refractivity contribution in [2.45, 2.75) is 19.4 Å². The molecule has 148 valence electrons. The van der Waals surface area contributed by atoms with E-state index in [0.29, 0.717) is 32.7 Å². The van der Waals surface area contributed by atoms with E-state index in [1.54, 1.807) is 0 Å². The van der Waals surface area contributed by atoms with Crippen LogP contribution < -0.4 is 9.47 Å². The van der Waals surface area contributed by atoms with Crippen molar-refractivity contribution in [3.8, 4) is 11.5 Å². The van der Waals surface area contributed by atoms with Crippen LogP contribution in [0.5, 0.6) is 11.5 Å². The molecule has 3 heterocycles. The molecule has 0 bridgehead atoms. The lowest BCUT2D eigenvalue weighted by Gasteiger charge is -2.35. The van der Waals surface area contributed by atoms with Crippen LogP contribution in [0, 0.1) is 0 Å². The number of benzene rings is 1. The van der Waals surface area contributed by atoms with Gasteiger partial charge >= 0.3 is 0 Å². The highest BCUT2D eigenvalue weighted by molar-refractivity contribution is 7.12. The molecule has 1 fully saturated rings. The number of rotatable bonds is 6. The van der Waals surface area contributed by atoms with Crippen LogP contribution in [0.4, 0.5) is 0 Å². The van der Waals surface area contributed by atoms with E-state index in [-0.39, 0.29) is 18.1 Å². The van der Waals surface area contributed by atoms with Crippen molar-refractivity contribution in [3.05, 3.63) is 46.2 Å². The molecule has 2 aliphatic rings. The monoisotopic (exact) mass is 400 g/mol. The summed E-state index contributed by atoms with van der Waals surface area (Å²) in [6.45, 7) is 5.09. The zero-order valence-corrected chi connectivity index (χ0v) is 16.6. The van der Waals surface area contributed by atoms with E-state index in [1.165, 1.54) is 16.9 Å². The molecule has 1 amide bonds. The molecular formula is C21H24N2O4S. The predicted molar refractivity (Wildman–Crippen MR) is 107 cm³/mol. The maximum Gasteiger partial charge on any atom is 0.223 e. The maximum absolute atomic E-state index is 12.4. The molecule has 1 aromatic heterocycles. The van der Waals surface area contributed by atoms with Gasteiger partial charge in [0.2, 0.25) is 5.91 Å². The summed E-state index contributed by atoms with van der Waals surface area (Å²) in [5.74, 6) is 1.75. The van der Waals surface area contributed by atoms with Crippen LogP contribution in [-0.4, -0.2) is 60.9 Å². The van der Waals surface area contributed by atoms with E-state index in [9.17, 15) is 9.59 Å². The summed E-state index contributed by atoms with van der Waals surface area (Å²) >= 11 is 1.43. The highest BCUT2D eigenvalue weighted by atomic mass is 32.1. The highest BCUT2D eigenvalue weighted by Crippen LogP contribution is 2.31. The quantitative estimate of drug-likeness (QED) is 0.698. The van der Waals surface area contributed by atoms with Gasteiger partial charge in [-0.1, -0.05) is 12.1 Å². The van der Waals surface area contributed by atoms with Gasteiger partial charge in [-0.25, -0.2) is 0 Å². The number of nitrogens with zero attached hydrogens (tertiary/aromatic N) is 2. The predicted octanol–water partition coefficient (Wildman–Crippen LogP) is 2.83. The Hall–Kier alpha value is -2.38. The van der Waals surface area contributed by atoms with Gasteiger partial charge in [0, 0.05) is 45.6 Å². The van der Waals surface area contributed by atoms with E-state index >= 15 is 0 Å². The van der Waals surface area contributed by atoms with Crippen molar-refractivity contribution in [2.75, 3.05) is 39.4 Å². The van der Waals surface area contributed by atoms with Crippen molar-refractivity contribution in [2.24, 2.45) is 0 Å². The molecule has 0 radical (unpaired) electrons. The SMILES string of the molecule is O=C(CCC(=O)N1CCN(Cc2ccc3c(c2)OCCO3)CC1)c1cccs1. The largest absolute Gasteiger partial charge is 0.486 e. The molecule has 28 heavy (non-hydrogen) atoms. The molecule has 7 heteroatoms. The lowest BCUT2D eigenvalue weighted by molar-refractivity contribution is -0.132. The minimum atomic E-state index is 0.0561. The molecule has 0 unspecified atom stereocenters. The average molecular weight is 401 g/mol. The number of amides is 1. The van der Waals surface area contributed by atoms with E-state index < -0.39 is 0 Å². The Bertz CT molecular complexity index is 829. The molecule has 0 aliphatic carbocycles. The fourth-order valence-corrected chi connectivity index (χ4v) is 4.23. The summed E-state index contributed by atoms with van der Waals surface area (Å²) in [6.07, 6.45) is 0.579. The first-order valence-corrected chi connectivity index (χ1v) is 10.5. The lowest BCUT2D eigenvalue weighted by Crippen LogP contribution is -2.48. The van der Waals surface area contributed by atoms with Gasteiger partial charge in [-0.15, -0.1) is 11.3 Å². The second-order valence-electron chi connectivity index (χ2n) is 7.04. The zero-order chi connectivity index (χ0) is 19.3. The smallest absolute Gasteiger partial charge is 0.223 e. The van der Waals surface area contributed by atoms with Crippen LogP contribution in [0.25, 0.3) is 0 Å². The summed E-state index contributed by atoms with van der Waals surface area (Å²) < 4.78 is 11.2. The zero-order valence-electron chi connectivity index (χ0n) is 15.8. The van der Waals surface area contributed by atoms with Crippen LogP contribution in [0.3, 0.4) is 0 Å². The van der Waals surface area contributed by atoms with Gasteiger partial charge in [-0.2, -0.15) is 0 Å². The summed E-state index contributed by atoms with van der Waals surface area (Å²) in [5, 5.41) is 1.88. The van der Waals surface area contributed by atoms with Gasteiger partial charge in [0.05, 0.1) is 4.88 Å². The van der Waals surface area contributed by atoms with Gasteiger partial charge in [0.15, 0.2) is 17.3 Å². The number of carbonyl (C=O) groups is 2. The minimum Gasteiger partial charge on any atom is -0.486 e. The number of ether oxygens (including phenoxy) is 2. The third-order valence-electron chi connectivity index (χ3n) is 5.10. The molecule has 4 rings (SSSR count). The molecule has 6 nitrogen and oxygen atoms in total. The van der Waals surface area contributed by atoms with Crippen molar-refractivity contribution in [3.63, 3.8) is 0 Å². The van der Waals surface area contributed by atoms with E-state index in [2.05, 4.69) is 11.0 Å². The number of ketones is 1. The fraction of sp³-hybridized carbons (Fsp3) is 0.429. The molecule has 2 aromatic rings. The number of hydrogen-bond donors (Lipinski definition) is 0. The summed E-state index contributed by atoms with van der Waals surface area (Å²) in [7, 11) is 0. The molecule has 2 aliphatic heterocycles. The van der Waals surface area contributed by atoms with Crippen LogP contribution >= 0.6 is 11.3 Å². The molecule has 0 N–H and O–H groups in total. The highest BCUT2D eigenvalue weighted by Gasteiger charge is 2.22. The van der Waals surface area contributed by atoms with E-state index in [0.717, 1.165) is 36.0 Å². The Morgan fingerprint density at radius 2 is 1.75 bits per heavy atom. The van der Waals surface area contributed by atoms with Gasteiger partial charge < -0.3 is 14.4 Å². The second kappa shape index (κ2) is 8.75. The number of piperazine rings is 1. The Labute approximate surface area is 168 Å². The minimum absolute atomic E-state index is 0.0561. The molecule has 0 spiro atoms. The van der Waals surface area contributed by atoms with Gasteiger partial charge in [-0.05, 0) is 29.1 Å². The first kappa shape index (κ1) is 19.0. The average Bonchev–Trinajstić information content (AvgIpc) is 3.27. The number of Topliss-reactive ketones (excluding diaryl/α,β-unsaturated/α-hetero) is 1. The first-order chi connectivity index (χ1) is 13.7. The maximum atomic E-state index is 12.4. The third-order valence-corrected chi connectivity index (χ3v) is 6.01. The Morgan fingerprint density at radius 1 is 0.964 bits per heavy atom. The lowest BCUT2D eigenvalue weighted by atomic mass is 10.1. The summed E-state index contributed by atoms with van der Waals surface area (Å²) in [5.41, 5.74) is 1.19. The first-order valence-electron chi connectivity index (χ1n) is 9.64. The number of thiophene rings is 1. The molecule has 0 saturated carbocycles. The number of hydrogen-bond acceptors (Lipinski definition) is 6. The standard InChI is InChI=1S/C21H24N2O4S/c24-17(20-2-1-13-28-20)4-6-21(25)23-9-7-22(8-10-23)15-16-3-5-18-19(14-16)27-12-11-26-18/h1-3,5,13-14H,4,6-12,15H2. The number of carbonyl (C=O) groups excluding carboxylic acids is 2. The van der Waals surface area contributed by atoms with Crippen LogP contribution in [0.1, 0.15) is 28.1 Å². The second-order valence-corrected chi connectivity index (χ2v) is 7.98. The molecule has 1 saturated heterocycles. The van der Waals surface area contributed by atoms with Gasteiger partial charge in [0.25, 0.3) is 0 Å².